The number of pyridine rings is 1. The molecule has 60 heavy (non-hydrogen) atoms. The van der Waals surface area contributed by atoms with E-state index in [9.17, 15) is 0 Å². The fourth-order valence-corrected chi connectivity index (χ4v) is 8.71. The largest absolute Gasteiger partial charge is 0.454 e. The number of benzene rings is 7. The molecule has 0 bridgehead atoms. The summed E-state index contributed by atoms with van der Waals surface area (Å²) >= 11 is 0. The quantitative estimate of drug-likeness (QED) is 0.162. The van der Waals surface area contributed by atoms with Crippen LogP contribution in [-0.4, -0.2) is 15.0 Å². The van der Waals surface area contributed by atoms with Gasteiger partial charge in [0.05, 0.1) is 17.1 Å². The van der Waals surface area contributed by atoms with Crippen molar-refractivity contribution in [2.45, 2.75) is 19.8 Å². The molecule has 0 unspecified atom stereocenters. The van der Waals surface area contributed by atoms with Crippen LogP contribution in [0.1, 0.15) is 28.8 Å². The molecule has 11 rings (SSSR count). The van der Waals surface area contributed by atoms with Gasteiger partial charge >= 0.3 is 0 Å². The molecule has 0 fully saturated rings. The number of aromatic nitrogens is 3. The fraction of sp³-hybridized carbons (Fsp3) is 0.0536. The van der Waals surface area contributed by atoms with E-state index in [0.717, 1.165) is 96.5 Å². The number of para-hydroxylation sites is 1. The van der Waals surface area contributed by atoms with Gasteiger partial charge in [-0.25, -0.2) is 15.0 Å². The normalized spacial score (nSPS) is 12.4. The molecule has 284 valence electrons. The van der Waals surface area contributed by atoms with E-state index in [0.29, 0.717) is 5.82 Å². The number of hydrogen-bond donors (Lipinski definition) is 0. The summed E-state index contributed by atoms with van der Waals surface area (Å²) in [6, 6.07) is 65.9. The predicted molar refractivity (Wildman–Crippen MR) is 246 cm³/mol. The Labute approximate surface area is 349 Å². The van der Waals surface area contributed by atoms with Crippen molar-refractivity contribution in [3.05, 3.63) is 217 Å². The summed E-state index contributed by atoms with van der Waals surface area (Å²) in [6.45, 7) is 2.16. The second-order valence-electron chi connectivity index (χ2n) is 15.5. The van der Waals surface area contributed by atoms with Crippen molar-refractivity contribution in [2.24, 2.45) is 0 Å². The van der Waals surface area contributed by atoms with Crippen LogP contribution in [0.4, 0.5) is 0 Å². The van der Waals surface area contributed by atoms with Crippen molar-refractivity contribution < 1.29 is 4.42 Å². The smallest absolute Gasteiger partial charge is 0.162 e. The molecular weight excluding hydrogens is 731 g/mol. The van der Waals surface area contributed by atoms with E-state index in [2.05, 4.69) is 183 Å². The van der Waals surface area contributed by atoms with Crippen molar-refractivity contribution in [3.63, 3.8) is 0 Å². The standard InChI is InChI=1S/C56H39N3O/c1-36-14-8-9-21-45(36)39-28-30-40(31-29-39)49-35-50(58-56(57-49)42-32-26-38(27-33-42)37-15-4-2-5-16-37)44-20-12-19-43(34-44)46-23-13-24-48-52-47-22-10-11-25-51(47)60-55(52)53(59-54(46)48)41-17-6-3-7-18-41/h2-12,14-23,25-35H,13,24H2,1H3. The zero-order valence-corrected chi connectivity index (χ0v) is 33.1. The van der Waals surface area contributed by atoms with E-state index in [-0.39, 0.29) is 0 Å². The van der Waals surface area contributed by atoms with Crippen LogP contribution in [0.15, 0.2) is 199 Å². The Morgan fingerprint density at radius 3 is 1.83 bits per heavy atom. The lowest BCUT2D eigenvalue weighted by Crippen LogP contribution is -2.06. The van der Waals surface area contributed by atoms with Gasteiger partial charge in [-0.3, -0.25) is 0 Å². The van der Waals surface area contributed by atoms with Gasteiger partial charge in [0.15, 0.2) is 11.4 Å². The minimum absolute atomic E-state index is 0.682. The molecule has 4 nitrogen and oxygen atoms in total. The minimum atomic E-state index is 0.682. The molecule has 3 heterocycles. The van der Waals surface area contributed by atoms with Gasteiger partial charge in [-0.1, -0.05) is 176 Å². The van der Waals surface area contributed by atoms with Crippen LogP contribution >= 0.6 is 0 Å². The first-order valence-corrected chi connectivity index (χ1v) is 20.6. The van der Waals surface area contributed by atoms with Gasteiger partial charge in [-0.05, 0) is 76.9 Å². The summed E-state index contributed by atoms with van der Waals surface area (Å²) in [7, 11) is 0. The minimum Gasteiger partial charge on any atom is -0.454 e. The van der Waals surface area contributed by atoms with Crippen LogP contribution in [0.2, 0.25) is 0 Å². The molecule has 0 saturated heterocycles. The van der Waals surface area contributed by atoms with E-state index in [1.165, 1.54) is 27.8 Å². The van der Waals surface area contributed by atoms with Gasteiger partial charge in [0.1, 0.15) is 11.3 Å². The predicted octanol–water partition coefficient (Wildman–Crippen LogP) is 14.5. The van der Waals surface area contributed by atoms with Crippen molar-refractivity contribution in [1.82, 2.24) is 15.0 Å². The molecule has 1 aliphatic carbocycles. The van der Waals surface area contributed by atoms with Crippen LogP contribution in [-0.2, 0) is 6.42 Å². The number of nitrogens with zero attached hydrogens (tertiary/aromatic N) is 3. The highest BCUT2D eigenvalue weighted by molar-refractivity contribution is 6.12. The zero-order chi connectivity index (χ0) is 40.0. The highest BCUT2D eigenvalue weighted by atomic mass is 16.3. The highest BCUT2D eigenvalue weighted by Crippen LogP contribution is 2.43. The second-order valence-corrected chi connectivity index (χ2v) is 15.5. The maximum Gasteiger partial charge on any atom is 0.162 e. The average Bonchev–Trinajstić information content (AvgIpc) is 3.72. The maximum atomic E-state index is 6.58. The third kappa shape index (κ3) is 6.39. The van der Waals surface area contributed by atoms with E-state index < -0.39 is 0 Å². The fourth-order valence-electron chi connectivity index (χ4n) is 8.71. The lowest BCUT2D eigenvalue weighted by atomic mass is 9.87. The highest BCUT2D eigenvalue weighted by Gasteiger charge is 2.26. The number of fused-ring (bicyclic) bond motifs is 5. The van der Waals surface area contributed by atoms with Crippen LogP contribution in [0, 0.1) is 6.92 Å². The van der Waals surface area contributed by atoms with Gasteiger partial charge in [-0.2, -0.15) is 0 Å². The Bertz CT molecular complexity index is 3240. The molecule has 0 saturated carbocycles. The first-order chi connectivity index (χ1) is 29.6. The summed E-state index contributed by atoms with van der Waals surface area (Å²) in [4.78, 5) is 15.9. The number of furan rings is 1. The first-order valence-electron chi connectivity index (χ1n) is 20.6. The Morgan fingerprint density at radius 1 is 0.450 bits per heavy atom. The van der Waals surface area contributed by atoms with Gasteiger partial charge in [0, 0.05) is 38.6 Å². The average molecular weight is 770 g/mol. The molecular formula is C56H39N3O. The van der Waals surface area contributed by atoms with Crippen molar-refractivity contribution in [2.75, 3.05) is 0 Å². The third-order valence-electron chi connectivity index (χ3n) is 11.7. The van der Waals surface area contributed by atoms with E-state index in [1.54, 1.807) is 0 Å². The molecule has 7 aromatic carbocycles. The summed E-state index contributed by atoms with van der Waals surface area (Å²) < 4.78 is 6.58. The monoisotopic (exact) mass is 769 g/mol. The topological polar surface area (TPSA) is 51.8 Å². The SMILES string of the molecule is Cc1ccccc1-c1ccc(-c2cc(-c3cccc(C4=CCCc5c4nc(-c4ccccc4)c4oc6ccccc6c54)c3)nc(-c3ccc(-c4ccccc4)cc3)n2)cc1. The summed E-state index contributed by atoms with van der Waals surface area (Å²) in [5.74, 6) is 0.682. The molecule has 0 atom stereocenters. The zero-order valence-electron chi connectivity index (χ0n) is 33.1. The Hall–Kier alpha value is -7.69. The summed E-state index contributed by atoms with van der Waals surface area (Å²) in [6.07, 6.45) is 4.15. The van der Waals surface area contributed by atoms with E-state index in [4.69, 9.17) is 19.4 Å². The maximum absolute atomic E-state index is 6.58. The molecule has 1 aliphatic rings. The van der Waals surface area contributed by atoms with Gasteiger partial charge in [0.25, 0.3) is 0 Å². The molecule has 0 aliphatic heterocycles. The molecule has 0 spiro atoms. The Balaban J connectivity index is 1.04. The second kappa shape index (κ2) is 14.9. The van der Waals surface area contributed by atoms with E-state index in [1.807, 2.05) is 18.2 Å². The van der Waals surface area contributed by atoms with Crippen molar-refractivity contribution in [1.29, 1.82) is 0 Å². The van der Waals surface area contributed by atoms with Crippen LogP contribution < -0.4 is 0 Å². The number of allylic oxidation sites excluding steroid dienone is 1. The number of rotatable bonds is 7. The summed E-state index contributed by atoms with van der Waals surface area (Å²) in [5.41, 5.74) is 18.8. The molecule has 10 aromatic rings. The van der Waals surface area contributed by atoms with E-state index >= 15 is 0 Å². The number of aryl methyl sites for hydroxylation is 2. The van der Waals surface area contributed by atoms with Gasteiger partial charge in [-0.15, -0.1) is 0 Å². The lowest BCUT2D eigenvalue weighted by Gasteiger charge is -2.20. The number of hydrogen-bond acceptors (Lipinski definition) is 4. The Morgan fingerprint density at radius 2 is 1.05 bits per heavy atom. The van der Waals surface area contributed by atoms with Gasteiger partial charge < -0.3 is 4.42 Å². The molecule has 4 heteroatoms. The first kappa shape index (κ1) is 35.5. The van der Waals surface area contributed by atoms with Crippen molar-refractivity contribution in [3.8, 4) is 67.4 Å². The van der Waals surface area contributed by atoms with Crippen molar-refractivity contribution >= 4 is 27.5 Å². The van der Waals surface area contributed by atoms with Crippen LogP contribution in [0.25, 0.3) is 94.9 Å². The summed E-state index contributed by atoms with van der Waals surface area (Å²) in [5, 5.41) is 2.29. The molecule has 0 N–H and O–H groups in total. The molecule has 3 aromatic heterocycles. The lowest BCUT2D eigenvalue weighted by molar-refractivity contribution is 0.667. The third-order valence-corrected chi connectivity index (χ3v) is 11.7. The Kier molecular flexibility index (Phi) is 8.82. The van der Waals surface area contributed by atoms with Gasteiger partial charge in [0.2, 0.25) is 0 Å². The molecule has 0 amide bonds. The van der Waals surface area contributed by atoms with Crippen LogP contribution in [0.5, 0.6) is 0 Å². The van der Waals surface area contributed by atoms with Crippen LogP contribution in [0.3, 0.4) is 0 Å². The molecule has 0 radical (unpaired) electrons.